The highest BCUT2D eigenvalue weighted by Gasteiger charge is 2.19. The number of nitrogens with zero attached hydrogens (tertiary/aromatic N) is 2. The molecule has 0 aliphatic rings. The lowest BCUT2D eigenvalue weighted by atomic mass is 10.1. The lowest BCUT2D eigenvalue weighted by Crippen LogP contribution is -2.35. The van der Waals surface area contributed by atoms with Gasteiger partial charge in [0.05, 0.1) is 28.2 Å². The maximum Gasteiger partial charge on any atom is 0.254 e. The van der Waals surface area contributed by atoms with E-state index < -0.39 is 0 Å². The number of amides is 2. The van der Waals surface area contributed by atoms with Gasteiger partial charge in [-0.25, -0.2) is 4.98 Å². The molecular weight excluding hydrogens is 382 g/mol. The van der Waals surface area contributed by atoms with E-state index in [2.05, 4.69) is 5.32 Å². The quantitative estimate of drug-likeness (QED) is 0.528. The number of anilines is 1. The SMILES string of the molecule is CN(CC(=O)Nc1ccccc1)C(=O)c1cc(-c2cccs2)nc2ccccc12. The molecule has 0 saturated carbocycles. The predicted octanol–water partition coefficient (Wildman–Crippen LogP) is 4.67. The first-order valence-corrected chi connectivity index (χ1v) is 10.0. The van der Waals surface area contributed by atoms with E-state index in [4.69, 9.17) is 4.98 Å². The minimum absolute atomic E-state index is 0.0429. The Morgan fingerprint density at radius 3 is 2.52 bits per heavy atom. The Bertz CT molecular complexity index is 1160. The number of carbonyl (C=O) groups is 2. The zero-order valence-electron chi connectivity index (χ0n) is 15.8. The molecule has 0 unspecified atom stereocenters. The van der Waals surface area contributed by atoms with Crippen molar-refractivity contribution in [3.63, 3.8) is 0 Å². The van der Waals surface area contributed by atoms with E-state index in [9.17, 15) is 9.59 Å². The fraction of sp³-hybridized carbons (Fsp3) is 0.0870. The third kappa shape index (κ3) is 4.17. The van der Waals surface area contributed by atoms with Crippen LogP contribution in [0.4, 0.5) is 5.69 Å². The molecule has 2 aromatic carbocycles. The van der Waals surface area contributed by atoms with E-state index in [0.29, 0.717) is 11.3 Å². The molecule has 4 aromatic rings. The van der Waals surface area contributed by atoms with Gasteiger partial charge < -0.3 is 10.2 Å². The maximum atomic E-state index is 13.2. The first-order chi connectivity index (χ1) is 14.1. The number of rotatable bonds is 5. The molecular formula is C23H19N3O2S. The highest BCUT2D eigenvalue weighted by molar-refractivity contribution is 7.13. The van der Waals surface area contributed by atoms with E-state index >= 15 is 0 Å². The van der Waals surface area contributed by atoms with Gasteiger partial charge in [0.2, 0.25) is 5.91 Å². The third-order valence-corrected chi connectivity index (χ3v) is 5.40. The Labute approximate surface area is 172 Å². The largest absolute Gasteiger partial charge is 0.332 e. The van der Waals surface area contributed by atoms with Gasteiger partial charge >= 0.3 is 0 Å². The lowest BCUT2D eigenvalue weighted by molar-refractivity contribution is -0.116. The average Bonchev–Trinajstić information content (AvgIpc) is 3.28. The van der Waals surface area contributed by atoms with Crippen LogP contribution in [-0.4, -0.2) is 35.3 Å². The van der Waals surface area contributed by atoms with Crippen LogP contribution in [0.25, 0.3) is 21.5 Å². The molecule has 0 bridgehead atoms. The minimum atomic E-state index is -0.246. The summed E-state index contributed by atoms with van der Waals surface area (Å²) in [5, 5.41) is 5.56. The molecule has 2 amide bonds. The van der Waals surface area contributed by atoms with Crippen molar-refractivity contribution in [1.29, 1.82) is 0 Å². The topological polar surface area (TPSA) is 62.3 Å². The number of aromatic nitrogens is 1. The van der Waals surface area contributed by atoms with Gasteiger partial charge in [0, 0.05) is 18.1 Å². The van der Waals surface area contributed by atoms with E-state index in [1.807, 2.05) is 78.2 Å². The first kappa shape index (κ1) is 18.8. The normalized spacial score (nSPS) is 10.7. The van der Waals surface area contributed by atoms with Crippen LogP contribution in [0.15, 0.2) is 78.2 Å². The standard InChI is InChI=1S/C23H19N3O2S/c1-26(15-22(27)24-16-8-3-2-4-9-16)23(28)18-14-20(21-12-7-13-29-21)25-19-11-6-5-10-17(18)19/h2-14H,15H2,1H3,(H,24,27). The maximum absolute atomic E-state index is 13.2. The zero-order chi connectivity index (χ0) is 20.2. The summed E-state index contributed by atoms with van der Waals surface area (Å²) in [6.45, 7) is -0.0429. The summed E-state index contributed by atoms with van der Waals surface area (Å²) < 4.78 is 0. The van der Waals surface area contributed by atoms with Crippen LogP contribution in [0.5, 0.6) is 0 Å². The van der Waals surface area contributed by atoms with Gasteiger partial charge in [-0.1, -0.05) is 42.5 Å². The Kier molecular flexibility index (Phi) is 5.35. The van der Waals surface area contributed by atoms with Crippen LogP contribution >= 0.6 is 11.3 Å². The summed E-state index contributed by atoms with van der Waals surface area (Å²) in [7, 11) is 1.63. The van der Waals surface area contributed by atoms with E-state index in [1.165, 1.54) is 4.90 Å². The van der Waals surface area contributed by atoms with Crippen molar-refractivity contribution in [3.05, 3.63) is 83.7 Å². The van der Waals surface area contributed by atoms with E-state index in [-0.39, 0.29) is 18.4 Å². The molecule has 1 N–H and O–H groups in total. The second-order valence-corrected chi connectivity index (χ2v) is 7.57. The van der Waals surface area contributed by atoms with Crippen molar-refractivity contribution in [2.45, 2.75) is 0 Å². The van der Waals surface area contributed by atoms with Crippen LogP contribution in [-0.2, 0) is 4.79 Å². The third-order valence-electron chi connectivity index (χ3n) is 4.51. The molecule has 0 atom stereocenters. The number of pyridine rings is 1. The molecule has 4 rings (SSSR count). The summed E-state index contributed by atoms with van der Waals surface area (Å²) in [5.74, 6) is -0.464. The molecule has 0 spiro atoms. The fourth-order valence-electron chi connectivity index (χ4n) is 3.12. The van der Waals surface area contributed by atoms with Gasteiger partial charge in [-0.05, 0) is 35.7 Å². The van der Waals surface area contributed by atoms with Crippen molar-refractivity contribution >= 4 is 39.7 Å². The van der Waals surface area contributed by atoms with Crippen molar-refractivity contribution in [2.24, 2.45) is 0 Å². The summed E-state index contributed by atoms with van der Waals surface area (Å²) in [6.07, 6.45) is 0. The van der Waals surface area contributed by atoms with Gasteiger partial charge in [-0.15, -0.1) is 11.3 Å². The Balaban J connectivity index is 1.61. The number of hydrogen-bond acceptors (Lipinski definition) is 4. The van der Waals surface area contributed by atoms with Gasteiger partial charge in [0.15, 0.2) is 0 Å². The van der Waals surface area contributed by atoms with Crippen molar-refractivity contribution in [3.8, 4) is 10.6 Å². The predicted molar refractivity (Wildman–Crippen MR) is 117 cm³/mol. The lowest BCUT2D eigenvalue weighted by Gasteiger charge is -2.18. The summed E-state index contributed by atoms with van der Waals surface area (Å²) in [4.78, 5) is 32.7. The molecule has 0 aliphatic heterocycles. The molecule has 0 radical (unpaired) electrons. The molecule has 144 valence electrons. The first-order valence-electron chi connectivity index (χ1n) is 9.16. The Hall–Kier alpha value is -3.51. The van der Waals surface area contributed by atoms with Crippen LogP contribution in [0.2, 0.25) is 0 Å². The van der Waals surface area contributed by atoms with Crippen molar-refractivity contribution in [2.75, 3.05) is 18.9 Å². The highest BCUT2D eigenvalue weighted by atomic mass is 32.1. The second-order valence-electron chi connectivity index (χ2n) is 6.62. The number of likely N-dealkylation sites (N-methyl/N-ethyl adjacent to an activating group) is 1. The second kappa shape index (κ2) is 8.24. The Morgan fingerprint density at radius 1 is 1.00 bits per heavy atom. The summed E-state index contributed by atoms with van der Waals surface area (Å²) in [6, 6.07) is 22.5. The van der Waals surface area contributed by atoms with Crippen LogP contribution in [0, 0.1) is 0 Å². The molecule has 6 heteroatoms. The molecule has 2 aromatic heterocycles. The fourth-order valence-corrected chi connectivity index (χ4v) is 3.80. The average molecular weight is 401 g/mol. The smallest absolute Gasteiger partial charge is 0.254 e. The molecule has 2 heterocycles. The molecule has 29 heavy (non-hydrogen) atoms. The van der Waals surface area contributed by atoms with Crippen LogP contribution in [0.1, 0.15) is 10.4 Å². The van der Waals surface area contributed by atoms with Crippen molar-refractivity contribution in [1.82, 2.24) is 9.88 Å². The van der Waals surface area contributed by atoms with Gasteiger partial charge in [-0.3, -0.25) is 9.59 Å². The highest BCUT2D eigenvalue weighted by Crippen LogP contribution is 2.28. The molecule has 0 saturated heterocycles. The van der Waals surface area contributed by atoms with Gasteiger partial charge in [0.25, 0.3) is 5.91 Å². The number of thiophene rings is 1. The minimum Gasteiger partial charge on any atom is -0.332 e. The number of fused-ring (bicyclic) bond motifs is 1. The number of hydrogen-bond donors (Lipinski definition) is 1. The van der Waals surface area contributed by atoms with Crippen molar-refractivity contribution < 1.29 is 9.59 Å². The van der Waals surface area contributed by atoms with Crippen LogP contribution in [0.3, 0.4) is 0 Å². The van der Waals surface area contributed by atoms with E-state index in [1.54, 1.807) is 18.4 Å². The molecule has 0 fully saturated rings. The number of benzene rings is 2. The van der Waals surface area contributed by atoms with Crippen LogP contribution < -0.4 is 5.32 Å². The molecule has 0 aliphatic carbocycles. The monoisotopic (exact) mass is 401 g/mol. The number of para-hydroxylation sites is 2. The van der Waals surface area contributed by atoms with Gasteiger partial charge in [-0.2, -0.15) is 0 Å². The zero-order valence-corrected chi connectivity index (χ0v) is 16.6. The van der Waals surface area contributed by atoms with E-state index in [0.717, 1.165) is 21.5 Å². The summed E-state index contributed by atoms with van der Waals surface area (Å²) >= 11 is 1.57. The number of nitrogens with one attached hydrogen (secondary N) is 1. The Morgan fingerprint density at radius 2 is 1.76 bits per heavy atom. The van der Waals surface area contributed by atoms with Gasteiger partial charge in [0.1, 0.15) is 0 Å². The molecule has 5 nitrogen and oxygen atoms in total. The summed E-state index contributed by atoms with van der Waals surface area (Å²) in [5.41, 5.74) is 2.75. The number of carbonyl (C=O) groups excluding carboxylic acids is 2.